The number of anilines is 1. The molecule has 26 heavy (non-hydrogen) atoms. The third-order valence-electron chi connectivity index (χ3n) is 4.16. The predicted molar refractivity (Wildman–Crippen MR) is 100 cm³/mol. The number of rotatable bonds is 3. The maximum atomic E-state index is 12.6. The van der Waals surface area contributed by atoms with Gasteiger partial charge in [0.1, 0.15) is 6.04 Å². The lowest BCUT2D eigenvalue weighted by molar-refractivity contribution is -0.118. The lowest BCUT2D eigenvalue weighted by Gasteiger charge is -2.15. The first-order valence-electron chi connectivity index (χ1n) is 7.61. The summed E-state index contributed by atoms with van der Waals surface area (Å²) in [6, 6.07) is 3.94. The van der Waals surface area contributed by atoms with Crippen molar-refractivity contribution >= 4 is 46.0 Å². The number of imidazole rings is 1. The van der Waals surface area contributed by atoms with Gasteiger partial charge in [-0.1, -0.05) is 23.2 Å². The molecule has 8 nitrogen and oxygen atoms in total. The summed E-state index contributed by atoms with van der Waals surface area (Å²) in [5, 5.41) is 3.44. The normalized spacial score (nSPS) is 12.3. The summed E-state index contributed by atoms with van der Waals surface area (Å²) in [6.45, 7) is 1.62. The molecule has 0 radical (unpaired) electrons. The SMILES string of the molecule is CC(C(=O)Nc1ccc(Cl)cc1Cl)n1cnc2c1c(=O)n(C)c(=O)n2C. The third kappa shape index (κ3) is 2.91. The zero-order valence-electron chi connectivity index (χ0n) is 14.2. The van der Waals surface area contributed by atoms with Gasteiger partial charge in [-0.2, -0.15) is 0 Å². The van der Waals surface area contributed by atoms with Crippen LogP contribution in [0.15, 0.2) is 34.1 Å². The molecule has 3 rings (SSSR count). The van der Waals surface area contributed by atoms with E-state index in [1.54, 1.807) is 19.1 Å². The highest BCUT2D eigenvalue weighted by molar-refractivity contribution is 6.36. The molecule has 0 aliphatic carbocycles. The molecule has 2 aromatic heterocycles. The van der Waals surface area contributed by atoms with E-state index in [4.69, 9.17) is 23.2 Å². The van der Waals surface area contributed by atoms with Crippen LogP contribution in [-0.4, -0.2) is 24.6 Å². The van der Waals surface area contributed by atoms with E-state index >= 15 is 0 Å². The lowest BCUT2D eigenvalue weighted by atomic mass is 10.2. The number of aryl methyl sites for hydroxylation is 1. The van der Waals surface area contributed by atoms with Gasteiger partial charge in [0, 0.05) is 19.1 Å². The minimum absolute atomic E-state index is 0.166. The molecule has 0 saturated carbocycles. The van der Waals surface area contributed by atoms with Crippen molar-refractivity contribution in [3.8, 4) is 0 Å². The maximum Gasteiger partial charge on any atom is 0.332 e. The van der Waals surface area contributed by atoms with E-state index in [1.165, 1.54) is 35.6 Å². The molecule has 1 amide bonds. The quantitative estimate of drug-likeness (QED) is 0.733. The van der Waals surface area contributed by atoms with Gasteiger partial charge in [0.2, 0.25) is 5.91 Å². The Morgan fingerprint density at radius 1 is 1.19 bits per heavy atom. The molecule has 0 fully saturated rings. The van der Waals surface area contributed by atoms with E-state index < -0.39 is 23.2 Å². The van der Waals surface area contributed by atoms with Crippen LogP contribution in [0.3, 0.4) is 0 Å². The second-order valence-corrected chi connectivity index (χ2v) is 6.66. The van der Waals surface area contributed by atoms with Crippen molar-refractivity contribution in [2.24, 2.45) is 14.1 Å². The number of benzene rings is 1. The second-order valence-electron chi connectivity index (χ2n) is 5.82. The number of carbonyl (C=O) groups is 1. The van der Waals surface area contributed by atoms with Crippen LogP contribution < -0.4 is 16.6 Å². The van der Waals surface area contributed by atoms with E-state index in [0.717, 1.165) is 4.57 Å². The smallest absolute Gasteiger partial charge is 0.323 e. The van der Waals surface area contributed by atoms with Crippen molar-refractivity contribution in [3.05, 3.63) is 55.4 Å². The van der Waals surface area contributed by atoms with Gasteiger partial charge in [-0.15, -0.1) is 0 Å². The van der Waals surface area contributed by atoms with Crippen molar-refractivity contribution < 1.29 is 4.79 Å². The summed E-state index contributed by atoms with van der Waals surface area (Å²) in [5.41, 5.74) is -0.234. The molecule has 10 heteroatoms. The number of hydrogen-bond donors (Lipinski definition) is 1. The molecule has 3 aromatic rings. The standard InChI is InChI=1S/C16H15Cl2N5O3/c1-8(14(24)20-11-5-4-9(17)6-10(11)18)23-7-19-13-12(23)15(25)22(3)16(26)21(13)2/h4-8H,1-3H3,(H,20,24). The number of fused-ring (bicyclic) bond motifs is 1. The van der Waals surface area contributed by atoms with Crippen LogP contribution in [0.25, 0.3) is 11.2 Å². The largest absolute Gasteiger partial charge is 0.332 e. The van der Waals surface area contributed by atoms with Crippen LogP contribution in [0.2, 0.25) is 10.0 Å². The Morgan fingerprint density at radius 3 is 2.54 bits per heavy atom. The Labute approximate surface area is 157 Å². The molecule has 0 bridgehead atoms. The minimum atomic E-state index is -0.767. The minimum Gasteiger partial charge on any atom is -0.323 e. The van der Waals surface area contributed by atoms with Crippen molar-refractivity contribution in [3.63, 3.8) is 0 Å². The van der Waals surface area contributed by atoms with Gasteiger partial charge in [0.05, 0.1) is 17.0 Å². The Bertz CT molecular complexity index is 1150. The maximum absolute atomic E-state index is 12.6. The molecular formula is C16H15Cl2N5O3. The van der Waals surface area contributed by atoms with E-state index in [9.17, 15) is 14.4 Å². The molecule has 136 valence electrons. The summed E-state index contributed by atoms with van der Waals surface area (Å²) in [7, 11) is 2.89. The molecule has 0 saturated heterocycles. The first-order valence-corrected chi connectivity index (χ1v) is 8.36. The fourth-order valence-corrected chi connectivity index (χ4v) is 3.07. The molecule has 1 atom stereocenters. The zero-order valence-corrected chi connectivity index (χ0v) is 15.7. The van der Waals surface area contributed by atoms with Gasteiger partial charge in [-0.05, 0) is 25.1 Å². The van der Waals surface area contributed by atoms with Crippen molar-refractivity contribution in [2.75, 3.05) is 5.32 Å². The summed E-state index contributed by atoms with van der Waals surface area (Å²) in [5.74, 6) is -0.399. The van der Waals surface area contributed by atoms with Crippen LogP contribution >= 0.6 is 23.2 Å². The van der Waals surface area contributed by atoms with Crippen LogP contribution in [0.1, 0.15) is 13.0 Å². The molecular weight excluding hydrogens is 381 g/mol. The summed E-state index contributed by atoms with van der Waals surface area (Å²) in [6.07, 6.45) is 1.36. The highest BCUT2D eigenvalue weighted by Gasteiger charge is 2.22. The van der Waals surface area contributed by atoms with Gasteiger partial charge in [0.25, 0.3) is 5.56 Å². The van der Waals surface area contributed by atoms with Crippen LogP contribution in [0.5, 0.6) is 0 Å². The summed E-state index contributed by atoms with van der Waals surface area (Å²) < 4.78 is 3.66. The van der Waals surface area contributed by atoms with Crippen molar-refractivity contribution in [2.45, 2.75) is 13.0 Å². The number of aromatic nitrogens is 4. The highest BCUT2D eigenvalue weighted by atomic mass is 35.5. The molecule has 1 unspecified atom stereocenters. The second kappa shape index (κ2) is 6.62. The first-order chi connectivity index (χ1) is 12.2. The Morgan fingerprint density at radius 2 is 1.88 bits per heavy atom. The van der Waals surface area contributed by atoms with Crippen LogP contribution in [0, 0.1) is 0 Å². The van der Waals surface area contributed by atoms with Gasteiger partial charge < -0.3 is 9.88 Å². The zero-order chi connectivity index (χ0) is 19.2. The third-order valence-corrected chi connectivity index (χ3v) is 4.71. The molecule has 0 aliphatic heterocycles. The van der Waals surface area contributed by atoms with Crippen LogP contribution in [-0.2, 0) is 18.9 Å². The van der Waals surface area contributed by atoms with E-state index in [1.807, 2.05) is 0 Å². The number of halogens is 2. The average Bonchev–Trinajstić information content (AvgIpc) is 3.04. The number of hydrogen-bond acceptors (Lipinski definition) is 4. The van der Waals surface area contributed by atoms with Crippen LogP contribution in [0.4, 0.5) is 5.69 Å². The molecule has 2 heterocycles. The van der Waals surface area contributed by atoms with Gasteiger partial charge >= 0.3 is 5.69 Å². The Hall–Kier alpha value is -2.58. The van der Waals surface area contributed by atoms with E-state index in [-0.39, 0.29) is 11.2 Å². The first kappa shape index (κ1) is 18.2. The van der Waals surface area contributed by atoms with Gasteiger partial charge in [-0.3, -0.25) is 18.7 Å². The van der Waals surface area contributed by atoms with Crippen molar-refractivity contribution in [1.29, 1.82) is 0 Å². The summed E-state index contributed by atoms with van der Waals surface area (Å²) in [4.78, 5) is 41.2. The Kier molecular flexibility index (Phi) is 4.64. The number of carbonyl (C=O) groups excluding carboxylic acids is 1. The van der Waals surface area contributed by atoms with Gasteiger partial charge in [0.15, 0.2) is 11.2 Å². The molecule has 1 N–H and O–H groups in total. The predicted octanol–water partition coefficient (Wildman–Crippen LogP) is 1.94. The Balaban J connectivity index is 2.02. The molecule has 1 aromatic carbocycles. The average molecular weight is 396 g/mol. The lowest BCUT2D eigenvalue weighted by Crippen LogP contribution is -2.38. The number of amides is 1. The summed E-state index contributed by atoms with van der Waals surface area (Å²) >= 11 is 11.9. The fraction of sp³-hybridized carbons (Fsp3) is 0.250. The fourth-order valence-electron chi connectivity index (χ4n) is 2.61. The van der Waals surface area contributed by atoms with Crippen molar-refractivity contribution in [1.82, 2.24) is 18.7 Å². The number of nitrogens with one attached hydrogen (secondary N) is 1. The highest BCUT2D eigenvalue weighted by Crippen LogP contribution is 2.26. The molecule has 0 aliphatic rings. The number of nitrogens with zero attached hydrogens (tertiary/aromatic N) is 4. The topological polar surface area (TPSA) is 90.9 Å². The monoisotopic (exact) mass is 395 g/mol. The molecule has 0 spiro atoms. The van der Waals surface area contributed by atoms with E-state index in [0.29, 0.717) is 15.7 Å². The van der Waals surface area contributed by atoms with Gasteiger partial charge in [-0.25, -0.2) is 9.78 Å². The van der Waals surface area contributed by atoms with E-state index in [2.05, 4.69) is 10.3 Å².